The van der Waals surface area contributed by atoms with Crippen molar-refractivity contribution in [3.8, 4) is 22.1 Å². The van der Waals surface area contributed by atoms with Gasteiger partial charge in [-0.2, -0.15) is 0 Å². The molecule has 1 aliphatic heterocycles. The molecule has 0 atom stereocenters. The zero-order chi connectivity index (χ0) is 21.9. The highest BCUT2D eigenvalue weighted by Crippen LogP contribution is 2.34. The average molecular weight is 463 g/mol. The van der Waals surface area contributed by atoms with E-state index < -0.39 is 0 Å². The number of thioether (sulfide) groups is 1. The molecule has 0 spiro atoms. The number of carbonyl (C=O) groups is 1. The number of hydrogen-bond donors (Lipinski definition) is 0. The molecule has 0 saturated heterocycles. The fourth-order valence-corrected chi connectivity index (χ4v) is 5.43. The van der Waals surface area contributed by atoms with Gasteiger partial charge in [-0.1, -0.05) is 54.2 Å². The Labute approximate surface area is 194 Å². The molecule has 3 heterocycles. The molecule has 1 amide bonds. The van der Waals surface area contributed by atoms with Crippen molar-refractivity contribution in [2.75, 3.05) is 19.4 Å². The van der Waals surface area contributed by atoms with Crippen LogP contribution in [0.3, 0.4) is 0 Å². The number of benzene rings is 2. The second-order valence-corrected chi connectivity index (χ2v) is 9.30. The van der Waals surface area contributed by atoms with E-state index in [0.29, 0.717) is 17.5 Å². The van der Waals surface area contributed by atoms with E-state index in [2.05, 4.69) is 28.4 Å². The Morgan fingerprint density at radius 1 is 1.06 bits per heavy atom. The second-order valence-electron chi connectivity index (χ2n) is 7.41. The van der Waals surface area contributed by atoms with Gasteiger partial charge < -0.3 is 9.64 Å². The Kier molecular flexibility index (Phi) is 5.96. The van der Waals surface area contributed by atoms with Gasteiger partial charge >= 0.3 is 0 Å². The maximum absolute atomic E-state index is 13.0. The van der Waals surface area contributed by atoms with Crippen LogP contribution in [0.15, 0.2) is 71.2 Å². The lowest BCUT2D eigenvalue weighted by Gasteiger charge is -2.28. The molecule has 2 aromatic carbocycles. The van der Waals surface area contributed by atoms with Crippen molar-refractivity contribution in [1.82, 2.24) is 19.7 Å². The Hall–Kier alpha value is -3.10. The summed E-state index contributed by atoms with van der Waals surface area (Å²) in [7, 11) is 1.65. The van der Waals surface area contributed by atoms with Crippen LogP contribution in [0, 0.1) is 0 Å². The van der Waals surface area contributed by atoms with E-state index in [1.165, 1.54) is 22.9 Å². The fourth-order valence-electron chi connectivity index (χ4n) is 3.89. The maximum atomic E-state index is 13.0. The highest BCUT2D eigenvalue weighted by Gasteiger charge is 2.23. The first-order chi connectivity index (χ1) is 15.7. The summed E-state index contributed by atoms with van der Waals surface area (Å²) in [6.07, 6.45) is 0.895. The van der Waals surface area contributed by atoms with Crippen LogP contribution in [-0.2, 0) is 17.8 Å². The minimum absolute atomic E-state index is 0.108. The number of rotatable bonds is 6. The number of amides is 1. The number of aromatic nitrogens is 3. The van der Waals surface area contributed by atoms with Crippen LogP contribution in [0.2, 0.25) is 0 Å². The van der Waals surface area contributed by atoms with E-state index in [-0.39, 0.29) is 5.91 Å². The van der Waals surface area contributed by atoms with Crippen LogP contribution < -0.4 is 4.74 Å². The molecule has 0 aliphatic carbocycles. The van der Waals surface area contributed by atoms with Crippen LogP contribution in [0.1, 0.15) is 11.1 Å². The second kappa shape index (κ2) is 9.18. The van der Waals surface area contributed by atoms with Crippen molar-refractivity contribution in [3.05, 3.63) is 77.2 Å². The SMILES string of the molecule is COc1ccccc1-n1c(SCC(=O)N2CCc3ccccc3C2)nnc1-c1cccs1. The van der Waals surface area contributed by atoms with Crippen LogP contribution in [0.5, 0.6) is 5.75 Å². The first-order valence-corrected chi connectivity index (χ1v) is 12.2. The first-order valence-electron chi connectivity index (χ1n) is 10.3. The monoisotopic (exact) mass is 462 g/mol. The summed E-state index contributed by atoms with van der Waals surface area (Å²) in [5.74, 6) is 1.88. The largest absolute Gasteiger partial charge is 0.495 e. The lowest BCUT2D eigenvalue weighted by Crippen LogP contribution is -2.37. The fraction of sp³-hybridized carbons (Fsp3) is 0.208. The molecule has 0 N–H and O–H groups in total. The molecular formula is C24H22N4O2S2. The van der Waals surface area contributed by atoms with Crippen molar-refractivity contribution in [2.24, 2.45) is 0 Å². The van der Waals surface area contributed by atoms with Crippen LogP contribution in [0.4, 0.5) is 0 Å². The lowest BCUT2D eigenvalue weighted by atomic mass is 10.00. The highest BCUT2D eigenvalue weighted by atomic mass is 32.2. The molecule has 0 saturated carbocycles. The van der Waals surface area contributed by atoms with Crippen molar-refractivity contribution >= 4 is 29.0 Å². The number of hydrogen-bond acceptors (Lipinski definition) is 6. The zero-order valence-electron chi connectivity index (χ0n) is 17.6. The molecule has 6 nitrogen and oxygen atoms in total. The van der Waals surface area contributed by atoms with Crippen LogP contribution >= 0.6 is 23.1 Å². The Morgan fingerprint density at radius 3 is 2.69 bits per heavy atom. The third kappa shape index (κ3) is 4.03. The van der Waals surface area contributed by atoms with Gasteiger partial charge in [0.05, 0.1) is 23.4 Å². The van der Waals surface area contributed by atoms with E-state index >= 15 is 0 Å². The molecule has 32 heavy (non-hydrogen) atoms. The average Bonchev–Trinajstić information content (AvgIpc) is 3.52. The van der Waals surface area contributed by atoms with Gasteiger partial charge in [-0.05, 0) is 41.1 Å². The quantitative estimate of drug-likeness (QED) is 0.389. The zero-order valence-corrected chi connectivity index (χ0v) is 19.2. The van der Waals surface area contributed by atoms with E-state index in [0.717, 1.165) is 35.1 Å². The summed E-state index contributed by atoms with van der Waals surface area (Å²) in [6.45, 7) is 1.41. The molecule has 0 bridgehead atoms. The molecule has 0 unspecified atom stereocenters. The minimum Gasteiger partial charge on any atom is -0.495 e. The molecule has 0 fully saturated rings. The molecule has 0 radical (unpaired) electrons. The van der Waals surface area contributed by atoms with Gasteiger partial charge in [0.1, 0.15) is 5.75 Å². The third-order valence-electron chi connectivity index (χ3n) is 5.51. The third-order valence-corrected chi connectivity index (χ3v) is 7.29. The summed E-state index contributed by atoms with van der Waals surface area (Å²) >= 11 is 3.01. The van der Waals surface area contributed by atoms with Gasteiger partial charge in [-0.15, -0.1) is 21.5 Å². The van der Waals surface area contributed by atoms with Crippen molar-refractivity contribution < 1.29 is 9.53 Å². The van der Waals surface area contributed by atoms with Crippen molar-refractivity contribution in [1.29, 1.82) is 0 Å². The summed E-state index contributed by atoms with van der Waals surface area (Å²) in [5.41, 5.74) is 3.42. The van der Waals surface area contributed by atoms with Crippen molar-refractivity contribution in [2.45, 2.75) is 18.1 Å². The molecule has 8 heteroatoms. The van der Waals surface area contributed by atoms with Gasteiger partial charge in [0, 0.05) is 13.1 Å². The van der Waals surface area contributed by atoms with Crippen molar-refractivity contribution in [3.63, 3.8) is 0 Å². The number of carbonyl (C=O) groups excluding carboxylic acids is 1. The molecule has 162 valence electrons. The highest BCUT2D eigenvalue weighted by molar-refractivity contribution is 7.99. The smallest absolute Gasteiger partial charge is 0.233 e. The summed E-state index contributed by atoms with van der Waals surface area (Å²) in [6, 6.07) is 20.1. The van der Waals surface area contributed by atoms with E-state index in [1.54, 1.807) is 18.4 Å². The van der Waals surface area contributed by atoms with Gasteiger partial charge in [-0.3, -0.25) is 9.36 Å². The predicted octanol–water partition coefficient (Wildman–Crippen LogP) is 4.68. The van der Waals surface area contributed by atoms with Crippen LogP contribution in [-0.4, -0.2) is 45.0 Å². The number of fused-ring (bicyclic) bond motifs is 1. The first kappa shape index (κ1) is 20.8. The predicted molar refractivity (Wildman–Crippen MR) is 128 cm³/mol. The lowest BCUT2D eigenvalue weighted by molar-refractivity contribution is -0.129. The minimum atomic E-state index is 0.108. The van der Waals surface area contributed by atoms with E-state index in [1.807, 2.05) is 57.3 Å². The molecular weight excluding hydrogens is 440 g/mol. The number of thiophene rings is 1. The van der Waals surface area contributed by atoms with E-state index in [4.69, 9.17) is 4.74 Å². The Morgan fingerprint density at radius 2 is 1.88 bits per heavy atom. The van der Waals surface area contributed by atoms with E-state index in [9.17, 15) is 4.79 Å². The number of ether oxygens (including phenoxy) is 1. The van der Waals surface area contributed by atoms with Gasteiger partial charge in [0.2, 0.25) is 5.91 Å². The Bertz CT molecular complexity index is 1240. The summed E-state index contributed by atoms with van der Waals surface area (Å²) in [4.78, 5) is 16.0. The number of methoxy groups -OCH3 is 1. The number of nitrogens with zero attached hydrogens (tertiary/aromatic N) is 4. The van der Waals surface area contributed by atoms with Crippen LogP contribution in [0.25, 0.3) is 16.4 Å². The van der Waals surface area contributed by atoms with Gasteiger partial charge in [0.15, 0.2) is 11.0 Å². The Balaban J connectivity index is 1.40. The molecule has 4 aromatic rings. The standard InChI is InChI=1S/C24H22N4O2S2/c1-30-20-10-5-4-9-19(20)28-23(21-11-6-14-31-21)25-26-24(28)32-16-22(29)27-13-12-17-7-2-3-8-18(17)15-27/h2-11,14H,12-13,15-16H2,1H3. The topological polar surface area (TPSA) is 60.2 Å². The summed E-state index contributed by atoms with van der Waals surface area (Å²) < 4.78 is 7.57. The normalized spacial score (nSPS) is 13.1. The molecule has 5 rings (SSSR count). The number of para-hydroxylation sites is 2. The molecule has 1 aliphatic rings. The van der Waals surface area contributed by atoms with Gasteiger partial charge in [0.25, 0.3) is 0 Å². The molecule has 2 aromatic heterocycles. The van der Waals surface area contributed by atoms with Gasteiger partial charge in [-0.25, -0.2) is 0 Å². The summed E-state index contributed by atoms with van der Waals surface area (Å²) in [5, 5.41) is 11.6. The maximum Gasteiger partial charge on any atom is 0.233 e.